The van der Waals surface area contributed by atoms with Crippen LogP contribution in [0.15, 0.2) is 6.20 Å². The number of nitrogen functional groups attached to an aromatic ring is 1. The highest BCUT2D eigenvalue weighted by Gasteiger charge is 2.06. The van der Waals surface area contributed by atoms with Gasteiger partial charge in [0, 0.05) is 6.20 Å². The van der Waals surface area contributed by atoms with Crippen molar-refractivity contribution in [2.24, 2.45) is 0 Å². The summed E-state index contributed by atoms with van der Waals surface area (Å²) >= 11 is 5.82. The topological polar surface area (TPSA) is 48.1 Å². The summed E-state index contributed by atoms with van der Waals surface area (Å²) in [5, 5.41) is 0.511. The first-order valence-corrected chi connectivity index (χ1v) is 4.49. The number of aromatic nitrogens is 1. The Labute approximate surface area is 83.9 Å². The minimum absolute atomic E-state index is 0.376. The first-order chi connectivity index (χ1) is 6.16. The summed E-state index contributed by atoms with van der Waals surface area (Å²) in [5.41, 5.74) is 6.82. The summed E-state index contributed by atoms with van der Waals surface area (Å²) in [6.45, 7) is 5.84. The van der Waals surface area contributed by atoms with Gasteiger partial charge >= 0.3 is 0 Å². The van der Waals surface area contributed by atoms with E-state index in [-0.39, 0.29) is 0 Å². The monoisotopic (exact) mass is 202 g/mol. The molecule has 4 heteroatoms. The van der Waals surface area contributed by atoms with Crippen LogP contribution in [0.4, 0.5) is 5.69 Å². The maximum atomic E-state index is 5.82. The first-order valence-electron chi connectivity index (χ1n) is 4.11. The Kier molecular flexibility index (Phi) is 5.23. The molecule has 0 aromatic carbocycles. The van der Waals surface area contributed by atoms with Crippen molar-refractivity contribution in [1.29, 1.82) is 0 Å². The molecule has 0 aliphatic carbocycles. The summed E-state index contributed by atoms with van der Waals surface area (Å²) in [7, 11) is 1.50. The molecule has 0 aliphatic heterocycles. The Morgan fingerprint density at radius 2 is 2.00 bits per heavy atom. The Balaban J connectivity index is 0.000000671. The molecule has 1 rings (SSSR count). The van der Waals surface area contributed by atoms with Crippen molar-refractivity contribution in [3.05, 3.63) is 16.8 Å². The minimum Gasteiger partial charge on any atom is -0.479 e. The van der Waals surface area contributed by atoms with E-state index in [9.17, 15) is 0 Å². The lowest BCUT2D eigenvalue weighted by Gasteiger charge is -2.05. The minimum atomic E-state index is 0.376. The van der Waals surface area contributed by atoms with Crippen molar-refractivity contribution in [3.63, 3.8) is 0 Å². The third kappa shape index (κ3) is 2.77. The maximum Gasteiger partial charge on any atom is 0.238 e. The van der Waals surface area contributed by atoms with Gasteiger partial charge in [0.25, 0.3) is 0 Å². The van der Waals surface area contributed by atoms with Crippen LogP contribution in [0.1, 0.15) is 19.4 Å². The van der Waals surface area contributed by atoms with Crippen LogP contribution >= 0.6 is 11.6 Å². The Morgan fingerprint density at radius 3 is 2.46 bits per heavy atom. The molecule has 1 aromatic heterocycles. The second-order valence-corrected chi connectivity index (χ2v) is 2.56. The quantitative estimate of drug-likeness (QED) is 0.762. The van der Waals surface area contributed by atoms with Crippen molar-refractivity contribution in [1.82, 2.24) is 4.98 Å². The Hall–Kier alpha value is -0.960. The summed E-state index contributed by atoms with van der Waals surface area (Å²) in [6, 6.07) is 0. The average molecular weight is 203 g/mol. The normalized spacial score (nSPS) is 8.69. The van der Waals surface area contributed by atoms with Gasteiger partial charge in [-0.15, -0.1) is 0 Å². The average Bonchev–Trinajstić information content (AvgIpc) is 2.18. The SMILES string of the molecule is CC.COc1ncc(C)c(Cl)c1N. The number of hydrogen-bond acceptors (Lipinski definition) is 3. The third-order valence-electron chi connectivity index (χ3n) is 1.38. The maximum absolute atomic E-state index is 5.82. The first kappa shape index (κ1) is 12.0. The van der Waals surface area contributed by atoms with Gasteiger partial charge < -0.3 is 10.5 Å². The smallest absolute Gasteiger partial charge is 0.238 e. The fraction of sp³-hybridized carbons (Fsp3) is 0.444. The number of methoxy groups -OCH3 is 1. The number of rotatable bonds is 1. The lowest BCUT2D eigenvalue weighted by Crippen LogP contribution is -1.97. The second-order valence-electron chi connectivity index (χ2n) is 2.18. The lowest BCUT2D eigenvalue weighted by atomic mass is 10.3. The highest BCUT2D eigenvalue weighted by molar-refractivity contribution is 6.34. The van der Waals surface area contributed by atoms with E-state index in [0.29, 0.717) is 16.6 Å². The highest BCUT2D eigenvalue weighted by Crippen LogP contribution is 2.28. The molecular formula is C9H15ClN2O. The summed E-state index contributed by atoms with van der Waals surface area (Å²) in [5.74, 6) is 0.376. The lowest BCUT2D eigenvalue weighted by molar-refractivity contribution is 0.400. The zero-order valence-electron chi connectivity index (χ0n) is 8.39. The van der Waals surface area contributed by atoms with Crippen molar-refractivity contribution in [2.75, 3.05) is 12.8 Å². The molecule has 74 valence electrons. The number of pyridine rings is 1. The molecule has 0 unspecified atom stereocenters. The molecule has 0 bridgehead atoms. The van der Waals surface area contributed by atoms with E-state index in [1.807, 2.05) is 20.8 Å². The van der Waals surface area contributed by atoms with Crippen molar-refractivity contribution in [3.8, 4) is 5.88 Å². The zero-order valence-corrected chi connectivity index (χ0v) is 9.14. The molecule has 0 amide bonds. The van der Waals surface area contributed by atoms with Gasteiger partial charge in [0.1, 0.15) is 5.69 Å². The highest BCUT2D eigenvalue weighted by atomic mass is 35.5. The fourth-order valence-electron chi connectivity index (χ4n) is 0.751. The van der Waals surface area contributed by atoms with Crippen LogP contribution in [-0.2, 0) is 0 Å². The standard InChI is InChI=1S/C7H9ClN2O.C2H6/c1-4-3-10-7(11-2)6(9)5(4)8;1-2/h3H,9H2,1-2H3;1-2H3. The van der Waals surface area contributed by atoms with Gasteiger partial charge in [-0.3, -0.25) is 0 Å². The van der Waals surface area contributed by atoms with Gasteiger partial charge in [-0.1, -0.05) is 25.4 Å². The van der Waals surface area contributed by atoms with Gasteiger partial charge in [-0.2, -0.15) is 0 Å². The predicted molar refractivity (Wildman–Crippen MR) is 56.3 cm³/mol. The van der Waals surface area contributed by atoms with Gasteiger partial charge in [0.15, 0.2) is 0 Å². The molecule has 3 nitrogen and oxygen atoms in total. The largest absolute Gasteiger partial charge is 0.479 e. The molecular weight excluding hydrogens is 188 g/mol. The van der Waals surface area contributed by atoms with Gasteiger partial charge in [-0.25, -0.2) is 4.98 Å². The third-order valence-corrected chi connectivity index (χ3v) is 1.88. The van der Waals surface area contributed by atoms with Crippen molar-refractivity contribution in [2.45, 2.75) is 20.8 Å². The van der Waals surface area contributed by atoms with E-state index in [1.54, 1.807) is 6.20 Å². The van der Waals surface area contributed by atoms with Crippen LogP contribution in [-0.4, -0.2) is 12.1 Å². The van der Waals surface area contributed by atoms with Crippen LogP contribution in [0.2, 0.25) is 5.02 Å². The number of ether oxygens (including phenoxy) is 1. The van der Waals surface area contributed by atoms with Crippen LogP contribution in [0, 0.1) is 6.92 Å². The number of hydrogen-bond donors (Lipinski definition) is 1. The van der Waals surface area contributed by atoms with E-state index in [0.717, 1.165) is 5.56 Å². The van der Waals surface area contributed by atoms with E-state index >= 15 is 0 Å². The van der Waals surface area contributed by atoms with Crippen molar-refractivity contribution < 1.29 is 4.74 Å². The van der Waals surface area contributed by atoms with E-state index in [1.165, 1.54) is 7.11 Å². The molecule has 0 atom stereocenters. The van der Waals surface area contributed by atoms with E-state index < -0.39 is 0 Å². The van der Waals surface area contributed by atoms with Gasteiger partial charge in [0.2, 0.25) is 5.88 Å². The summed E-state index contributed by atoms with van der Waals surface area (Å²) < 4.78 is 4.86. The molecule has 0 saturated carbocycles. The molecule has 0 saturated heterocycles. The molecule has 1 aromatic rings. The molecule has 13 heavy (non-hydrogen) atoms. The predicted octanol–water partition coefficient (Wildman–Crippen LogP) is 2.66. The Morgan fingerprint density at radius 1 is 1.46 bits per heavy atom. The molecule has 1 heterocycles. The molecule has 2 N–H and O–H groups in total. The van der Waals surface area contributed by atoms with E-state index in [4.69, 9.17) is 22.1 Å². The molecule has 0 aliphatic rings. The number of aryl methyl sites for hydroxylation is 1. The Bertz CT molecular complexity index is 277. The van der Waals surface area contributed by atoms with Gasteiger partial charge in [0.05, 0.1) is 12.1 Å². The van der Waals surface area contributed by atoms with Crippen LogP contribution < -0.4 is 10.5 Å². The van der Waals surface area contributed by atoms with Crippen LogP contribution in [0.3, 0.4) is 0 Å². The van der Waals surface area contributed by atoms with Crippen molar-refractivity contribution >= 4 is 17.3 Å². The van der Waals surface area contributed by atoms with Crippen LogP contribution in [0.25, 0.3) is 0 Å². The summed E-state index contributed by atoms with van der Waals surface area (Å²) in [6.07, 6.45) is 1.62. The second kappa shape index (κ2) is 5.65. The number of nitrogens with zero attached hydrogens (tertiary/aromatic N) is 1. The number of anilines is 1. The number of nitrogens with two attached hydrogens (primary N) is 1. The summed E-state index contributed by atoms with van der Waals surface area (Å²) in [4.78, 5) is 3.93. The number of halogens is 1. The molecule has 0 fully saturated rings. The molecule has 0 radical (unpaired) electrons. The van der Waals surface area contributed by atoms with Crippen LogP contribution in [0.5, 0.6) is 5.88 Å². The molecule has 0 spiro atoms. The zero-order chi connectivity index (χ0) is 10.4. The fourth-order valence-corrected chi connectivity index (χ4v) is 0.880. The van der Waals surface area contributed by atoms with Gasteiger partial charge in [-0.05, 0) is 12.5 Å². The van der Waals surface area contributed by atoms with E-state index in [2.05, 4.69) is 4.98 Å².